The predicted octanol–water partition coefficient (Wildman–Crippen LogP) is -0.435. The summed E-state index contributed by atoms with van der Waals surface area (Å²) in [5.74, 6) is -2.05. The van der Waals surface area contributed by atoms with E-state index in [2.05, 4.69) is 11.3 Å². The summed E-state index contributed by atoms with van der Waals surface area (Å²) in [6.07, 6.45) is 0.179. The van der Waals surface area contributed by atoms with Crippen LogP contribution in [-0.4, -0.2) is 60.8 Å². The highest BCUT2D eigenvalue weighted by Gasteiger charge is 2.57. The third-order valence-corrected chi connectivity index (χ3v) is 2.30. The Morgan fingerprint density at radius 2 is 2.32 bits per heavy atom. The summed E-state index contributed by atoms with van der Waals surface area (Å²) in [6, 6.07) is 0. The number of hydrogen-bond acceptors (Lipinski definition) is 7. The highest BCUT2D eigenvalue weighted by molar-refractivity contribution is 5.81. The number of carbonyl (C=O) groups excluding carboxylic acids is 1. The van der Waals surface area contributed by atoms with Gasteiger partial charge in [-0.05, 0) is 6.42 Å². The molecule has 3 atom stereocenters. The molecule has 0 saturated carbocycles. The summed E-state index contributed by atoms with van der Waals surface area (Å²) in [4.78, 5) is 10.7. The summed E-state index contributed by atoms with van der Waals surface area (Å²) < 4.78 is 19.8. The molecule has 0 aromatic carbocycles. The van der Waals surface area contributed by atoms with Crippen molar-refractivity contribution >= 4 is 5.97 Å². The number of aliphatic hydroxyl groups excluding tert-OH is 1. The van der Waals surface area contributed by atoms with Crippen LogP contribution in [0.5, 0.6) is 0 Å². The Labute approximate surface area is 111 Å². The molecule has 0 aromatic rings. The number of rotatable bonds is 10. The van der Waals surface area contributed by atoms with E-state index in [1.165, 1.54) is 0 Å². The van der Waals surface area contributed by atoms with Gasteiger partial charge in [-0.15, -0.1) is 0 Å². The van der Waals surface area contributed by atoms with E-state index >= 15 is 0 Å². The lowest BCUT2D eigenvalue weighted by atomic mass is 10.4. The Bertz CT molecular complexity index is 306. The summed E-state index contributed by atoms with van der Waals surface area (Å²) in [6.45, 7) is 5.26. The maximum Gasteiger partial charge on any atom is 0.330 e. The molecule has 1 saturated heterocycles. The minimum Gasteiger partial charge on any atom is -0.460 e. The van der Waals surface area contributed by atoms with Gasteiger partial charge in [0.2, 0.25) is 12.1 Å². The van der Waals surface area contributed by atoms with Crippen molar-refractivity contribution in [2.24, 2.45) is 0 Å². The second kappa shape index (κ2) is 7.56. The molecule has 1 fully saturated rings. The third kappa shape index (κ3) is 5.66. The number of hydrogen-bond donors (Lipinski definition) is 2. The SMILES string of the molecule is C=CC(=O)OCC(O)COCC1(O)OC1OCCC. The zero-order chi connectivity index (χ0) is 14.3. The first-order valence-electron chi connectivity index (χ1n) is 6.08. The molecule has 0 spiro atoms. The smallest absolute Gasteiger partial charge is 0.330 e. The maximum absolute atomic E-state index is 10.7. The average molecular weight is 276 g/mol. The molecule has 7 heteroatoms. The lowest BCUT2D eigenvalue weighted by Crippen LogP contribution is -2.29. The minimum absolute atomic E-state index is 0.0867. The minimum atomic E-state index is -1.44. The van der Waals surface area contributed by atoms with Crippen molar-refractivity contribution in [1.29, 1.82) is 0 Å². The Morgan fingerprint density at radius 3 is 2.95 bits per heavy atom. The zero-order valence-electron chi connectivity index (χ0n) is 10.9. The molecule has 0 amide bonds. The summed E-state index contributed by atoms with van der Waals surface area (Å²) in [5.41, 5.74) is 0. The van der Waals surface area contributed by atoms with Gasteiger partial charge in [-0.3, -0.25) is 0 Å². The summed E-state index contributed by atoms with van der Waals surface area (Å²) in [7, 11) is 0. The quantitative estimate of drug-likeness (QED) is 0.317. The highest BCUT2D eigenvalue weighted by Crippen LogP contribution is 2.34. The van der Waals surface area contributed by atoms with E-state index in [-0.39, 0.29) is 19.8 Å². The highest BCUT2D eigenvalue weighted by atomic mass is 16.9. The normalized spacial score (nSPS) is 26.8. The van der Waals surface area contributed by atoms with Gasteiger partial charge < -0.3 is 29.2 Å². The molecule has 0 aromatic heterocycles. The van der Waals surface area contributed by atoms with Crippen molar-refractivity contribution in [2.45, 2.75) is 31.5 Å². The molecule has 0 radical (unpaired) electrons. The Balaban J connectivity index is 2.07. The maximum atomic E-state index is 10.7. The van der Waals surface area contributed by atoms with Crippen molar-refractivity contribution in [3.63, 3.8) is 0 Å². The fraction of sp³-hybridized carbons (Fsp3) is 0.750. The van der Waals surface area contributed by atoms with Crippen molar-refractivity contribution in [3.05, 3.63) is 12.7 Å². The molecule has 3 unspecified atom stereocenters. The second-order valence-electron chi connectivity index (χ2n) is 4.17. The van der Waals surface area contributed by atoms with Crippen LogP contribution in [0.25, 0.3) is 0 Å². The van der Waals surface area contributed by atoms with E-state index in [0.717, 1.165) is 12.5 Å². The van der Waals surface area contributed by atoms with E-state index in [1.807, 2.05) is 6.92 Å². The fourth-order valence-electron chi connectivity index (χ4n) is 1.27. The molecular formula is C12H20O7. The first-order chi connectivity index (χ1) is 9.01. The van der Waals surface area contributed by atoms with Gasteiger partial charge in [0.25, 0.3) is 0 Å². The number of aliphatic hydroxyl groups is 2. The van der Waals surface area contributed by atoms with Gasteiger partial charge in [0.05, 0.1) is 6.61 Å². The predicted molar refractivity (Wildman–Crippen MR) is 64.0 cm³/mol. The van der Waals surface area contributed by atoms with Gasteiger partial charge in [0.1, 0.15) is 19.3 Å². The zero-order valence-corrected chi connectivity index (χ0v) is 10.9. The van der Waals surface area contributed by atoms with E-state index < -0.39 is 24.2 Å². The second-order valence-corrected chi connectivity index (χ2v) is 4.17. The van der Waals surface area contributed by atoms with Crippen molar-refractivity contribution < 1.29 is 34.0 Å². The van der Waals surface area contributed by atoms with Crippen LogP contribution in [0.3, 0.4) is 0 Å². The Hall–Kier alpha value is -0.990. The van der Waals surface area contributed by atoms with Gasteiger partial charge >= 0.3 is 5.97 Å². The number of carbonyl (C=O) groups is 1. The van der Waals surface area contributed by atoms with Crippen LogP contribution in [0.15, 0.2) is 12.7 Å². The van der Waals surface area contributed by atoms with Crippen LogP contribution in [0.1, 0.15) is 13.3 Å². The van der Waals surface area contributed by atoms with E-state index in [4.69, 9.17) is 14.2 Å². The summed E-state index contributed by atoms with van der Waals surface area (Å²) >= 11 is 0. The van der Waals surface area contributed by atoms with Crippen molar-refractivity contribution in [1.82, 2.24) is 0 Å². The largest absolute Gasteiger partial charge is 0.460 e. The molecule has 1 rings (SSSR count). The number of esters is 1. The lowest BCUT2D eigenvalue weighted by molar-refractivity contribution is -0.142. The fourth-order valence-corrected chi connectivity index (χ4v) is 1.27. The lowest BCUT2D eigenvalue weighted by Gasteiger charge is -2.12. The monoisotopic (exact) mass is 276 g/mol. The van der Waals surface area contributed by atoms with Crippen LogP contribution in [0.4, 0.5) is 0 Å². The van der Waals surface area contributed by atoms with Gasteiger partial charge in [-0.1, -0.05) is 13.5 Å². The Kier molecular flexibility index (Phi) is 6.40. The molecule has 1 aliphatic rings. The molecule has 7 nitrogen and oxygen atoms in total. The summed E-state index contributed by atoms with van der Waals surface area (Å²) in [5, 5.41) is 19.2. The number of ether oxygens (including phenoxy) is 4. The molecule has 1 heterocycles. The van der Waals surface area contributed by atoms with Crippen LogP contribution in [-0.2, 0) is 23.7 Å². The van der Waals surface area contributed by atoms with Crippen molar-refractivity contribution in [3.8, 4) is 0 Å². The van der Waals surface area contributed by atoms with Gasteiger partial charge in [0.15, 0.2) is 0 Å². The van der Waals surface area contributed by atoms with Gasteiger partial charge in [-0.25, -0.2) is 4.79 Å². The van der Waals surface area contributed by atoms with E-state index in [0.29, 0.717) is 6.61 Å². The van der Waals surface area contributed by atoms with Crippen LogP contribution < -0.4 is 0 Å². The van der Waals surface area contributed by atoms with Crippen LogP contribution >= 0.6 is 0 Å². The first kappa shape index (κ1) is 16.1. The van der Waals surface area contributed by atoms with Gasteiger partial charge in [0, 0.05) is 12.7 Å². The van der Waals surface area contributed by atoms with Gasteiger partial charge in [-0.2, -0.15) is 0 Å². The molecule has 1 aliphatic heterocycles. The molecule has 0 bridgehead atoms. The number of epoxide rings is 1. The first-order valence-corrected chi connectivity index (χ1v) is 6.08. The van der Waals surface area contributed by atoms with Crippen LogP contribution in [0, 0.1) is 0 Å². The average Bonchev–Trinajstić information content (AvgIpc) is 3.04. The van der Waals surface area contributed by atoms with Crippen LogP contribution in [0.2, 0.25) is 0 Å². The van der Waals surface area contributed by atoms with E-state index in [9.17, 15) is 15.0 Å². The Morgan fingerprint density at radius 1 is 1.58 bits per heavy atom. The molecular weight excluding hydrogens is 256 g/mol. The molecule has 2 N–H and O–H groups in total. The van der Waals surface area contributed by atoms with Crippen molar-refractivity contribution in [2.75, 3.05) is 26.4 Å². The molecule has 0 aliphatic carbocycles. The third-order valence-electron chi connectivity index (χ3n) is 2.30. The standard InChI is InChI=1S/C12H20O7/c1-3-5-17-11-12(15,19-11)8-16-6-9(13)7-18-10(14)4-2/h4,9,11,13,15H,2-3,5-8H2,1H3. The molecule has 110 valence electrons. The molecule has 19 heavy (non-hydrogen) atoms. The topological polar surface area (TPSA) is 97.8 Å². The van der Waals surface area contributed by atoms with E-state index in [1.54, 1.807) is 0 Å².